The maximum Gasteiger partial charge on any atom is 0.301 e. The van der Waals surface area contributed by atoms with Crippen LogP contribution in [0.2, 0.25) is 0 Å². The molecule has 3 unspecified atom stereocenters. The van der Waals surface area contributed by atoms with Crippen LogP contribution in [0.5, 0.6) is 0 Å². The van der Waals surface area contributed by atoms with Crippen LogP contribution in [0.15, 0.2) is 82.4 Å². The molecule has 0 spiro atoms. The van der Waals surface area contributed by atoms with Crippen LogP contribution in [0.3, 0.4) is 0 Å². The van der Waals surface area contributed by atoms with Crippen molar-refractivity contribution in [3.63, 3.8) is 0 Å². The lowest BCUT2D eigenvalue weighted by molar-refractivity contribution is -0.606. The number of non-ortho nitro benzene ring substituents is 1. The number of nitrogens with two attached hydrogens (primary N) is 1. The molecule has 4 atom stereocenters. The smallest absolute Gasteiger partial charge is 0.301 e. The summed E-state index contributed by atoms with van der Waals surface area (Å²) in [5, 5.41) is 32.0. The van der Waals surface area contributed by atoms with Gasteiger partial charge in [0, 0.05) is 50.3 Å². The fraction of sp³-hybridized carbons (Fsp3) is 0.300. The van der Waals surface area contributed by atoms with E-state index < -0.39 is 35.2 Å². The van der Waals surface area contributed by atoms with E-state index in [1.165, 1.54) is 17.4 Å². The Morgan fingerprint density at radius 3 is 2.42 bits per heavy atom. The van der Waals surface area contributed by atoms with Gasteiger partial charge in [-0.3, -0.25) is 19.9 Å². The topological polar surface area (TPSA) is 193 Å². The number of ether oxygens (including phenoxy) is 2. The van der Waals surface area contributed by atoms with Crippen molar-refractivity contribution in [1.82, 2.24) is 20.1 Å². The number of carbonyl (C=O) groups excluding carboxylic acids is 2. The zero-order valence-corrected chi connectivity index (χ0v) is 24.3. The molecule has 1 aromatic heterocycles. The van der Waals surface area contributed by atoms with Gasteiger partial charge in [-0.25, -0.2) is 4.63 Å². The number of aromatic nitrogens is 2. The summed E-state index contributed by atoms with van der Waals surface area (Å²) in [6, 6.07) is 19.9. The van der Waals surface area contributed by atoms with Crippen molar-refractivity contribution in [3.05, 3.63) is 94.0 Å². The molecule has 4 aromatic rings. The molecule has 0 amide bonds. The van der Waals surface area contributed by atoms with Gasteiger partial charge in [-0.15, -0.1) is 0 Å². The monoisotopic (exact) mass is 615 g/mol. The number of hydrogen-bond acceptors (Lipinski definition) is 11. The minimum absolute atomic E-state index is 0.0698. The molecule has 3 aromatic carbocycles. The van der Waals surface area contributed by atoms with Crippen molar-refractivity contribution in [2.45, 2.75) is 37.1 Å². The molecule has 2 aliphatic rings. The summed E-state index contributed by atoms with van der Waals surface area (Å²) >= 11 is 0. The van der Waals surface area contributed by atoms with Crippen molar-refractivity contribution in [2.24, 2.45) is 4.99 Å². The number of carboxylic acids is 1. The van der Waals surface area contributed by atoms with E-state index in [4.69, 9.17) is 14.5 Å². The highest BCUT2D eigenvalue weighted by Gasteiger charge is 2.63. The standard InChI is InChI=1S/C30H29N7O8/c1-35-28-30(19-12-7-4-8-13-19,44-27(43-28)25(38)18-10-5-3-6-11-18)36(2)29(35)31-17-9-14-21(26(39)40)32-20-15-16-22(37(41)42)24-23(20)33-45-34-24/h3-8,10-13,15-16,21,27-28,32H,9,14,17H2,1-2H3,(H,39,40)/t21-,27?,28?,30?/m0/s1. The molecule has 3 heterocycles. The molecule has 0 aliphatic carbocycles. The van der Waals surface area contributed by atoms with E-state index >= 15 is 0 Å². The van der Waals surface area contributed by atoms with Crippen molar-refractivity contribution in [1.29, 1.82) is 0 Å². The van der Waals surface area contributed by atoms with E-state index in [1.807, 2.05) is 48.3 Å². The van der Waals surface area contributed by atoms with Gasteiger partial charge in [-0.05, 0) is 16.7 Å². The third-order valence-corrected chi connectivity index (χ3v) is 8.03. The Hall–Kier alpha value is -5.25. The summed E-state index contributed by atoms with van der Waals surface area (Å²) in [7, 11) is 3.61. The van der Waals surface area contributed by atoms with Gasteiger partial charge >= 0.3 is 5.69 Å². The Balaban J connectivity index is 1.18. The highest BCUT2D eigenvalue weighted by molar-refractivity contribution is 5.99. The van der Waals surface area contributed by atoms with Gasteiger partial charge in [0.15, 0.2) is 11.9 Å². The van der Waals surface area contributed by atoms with Crippen molar-refractivity contribution in [3.8, 4) is 0 Å². The number of quaternary nitrogens is 1. The number of likely N-dealkylation sites (N-methyl/N-ethyl adjacent to an activating group) is 2. The van der Waals surface area contributed by atoms with Crippen molar-refractivity contribution < 1.29 is 39.0 Å². The quantitative estimate of drug-likeness (QED) is 0.0825. The van der Waals surface area contributed by atoms with Crippen LogP contribution in [-0.2, 0) is 20.0 Å². The lowest BCUT2D eigenvalue weighted by Gasteiger charge is -2.33. The molecule has 0 saturated carbocycles. The van der Waals surface area contributed by atoms with Crippen LogP contribution in [0.25, 0.3) is 11.0 Å². The number of aliphatic imine (C=N–C) groups is 1. The number of rotatable bonds is 11. The number of benzene rings is 3. The number of Topliss-reactive ketones (excluding diaryl/α,β-unsaturated/α-hetero) is 1. The summed E-state index contributed by atoms with van der Waals surface area (Å²) in [5.74, 6) is -1.07. The molecule has 232 valence electrons. The summed E-state index contributed by atoms with van der Waals surface area (Å²) < 4.78 is 17.4. The molecule has 2 aliphatic heterocycles. The number of fused-ring (bicyclic) bond motifs is 2. The average Bonchev–Trinajstić information content (AvgIpc) is 3.75. The Kier molecular flexibility index (Phi) is 7.97. The normalized spacial score (nSPS) is 22.6. The second kappa shape index (κ2) is 12.0. The number of guanidine groups is 1. The van der Waals surface area contributed by atoms with Crippen LogP contribution in [-0.4, -0.2) is 81.9 Å². The molecule has 2 fully saturated rings. The fourth-order valence-corrected chi connectivity index (χ4v) is 5.83. The number of nitro benzene ring substituents is 1. The maximum atomic E-state index is 13.3. The molecule has 15 heteroatoms. The zero-order chi connectivity index (χ0) is 31.7. The number of carboxylic acid groups (broad SMARTS) is 1. The van der Waals surface area contributed by atoms with Gasteiger partial charge in [0.1, 0.15) is 6.04 Å². The third kappa shape index (κ3) is 5.26. The number of nitro groups is 1. The Morgan fingerprint density at radius 1 is 1.04 bits per heavy atom. The van der Waals surface area contributed by atoms with Crippen LogP contribution in [0.1, 0.15) is 28.8 Å². The highest BCUT2D eigenvalue weighted by atomic mass is 16.8. The lowest BCUT2D eigenvalue weighted by atomic mass is 10.0. The summed E-state index contributed by atoms with van der Waals surface area (Å²) in [4.78, 5) is 44.4. The first kappa shape index (κ1) is 29.8. The van der Waals surface area contributed by atoms with Crippen molar-refractivity contribution >= 4 is 40.1 Å². The van der Waals surface area contributed by atoms with Crippen LogP contribution >= 0.6 is 0 Å². The van der Waals surface area contributed by atoms with E-state index in [0.29, 0.717) is 23.6 Å². The molecule has 45 heavy (non-hydrogen) atoms. The molecule has 2 N–H and O–H groups in total. The van der Waals surface area contributed by atoms with Gasteiger partial charge in [-0.1, -0.05) is 60.7 Å². The predicted molar refractivity (Wildman–Crippen MR) is 155 cm³/mol. The van der Waals surface area contributed by atoms with Gasteiger partial charge in [0.05, 0.1) is 10.9 Å². The zero-order valence-electron chi connectivity index (χ0n) is 24.3. The first-order valence-corrected chi connectivity index (χ1v) is 14.2. The SMILES string of the molecule is CN1C(=NCCC[C@H]([NH2+]c2ccc([N+](=O)[O-])c3nonc23)C(=O)[O-])N(C)C2(c3ccccc3)OC(C(=O)c3ccccc3)OC12. The van der Waals surface area contributed by atoms with Crippen LogP contribution in [0, 0.1) is 10.1 Å². The minimum Gasteiger partial charge on any atom is -0.544 e. The van der Waals surface area contributed by atoms with Gasteiger partial charge in [0.25, 0.3) is 0 Å². The molecule has 0 bridgehead atoms. The predicted octanol–water partition coefficient (Wildman–Crippen LogP) is 0.893. The first-order chi connectivity index (χ1) is 21.7. The lowest BCUT2D eigenvalue weighted by Crippen LogP contribution is -2.88. The Morgan fingerprint density at radius 2 is 1.73 bits per heavy atom. The number of aliphatic carboxylic acids is 1. The highest BCUT2D eigenvalue weighted by Crippen LogP contribution is 2.47. The Bertz CT molecular complexity index is 1770. The molecular weight excluding hydrogens is 586 g/mol. The van der Waals surface area contributed by atoms with Gasteiger partial charge in [-0.2, -0.15) is 0 Å². The minimum atomic E-state index is -1.31. The molecule has 0 radical (unpaired) electrons. The van der Waals surface area contributed by atoms with E-state index in [-0.39, 0.29) is 35.5 Å². The fourth-order valence-electron chi connectivity index (χ4n) is 5.83. The number of nitrogens with zero attached hydrogens (tertiary/aromatic N) is 6. The van der Waals surface area contributed by atoms with Gasteiger partial charge in [0.2, 0.25) is 34.8 Å². The first-order valence-electron chi connectivity index (χ1n) is 14.2. The third-order valence-electron chi connectivity index (χ3n) is 8.03. The van der Waals surface area contributed by atoms with Crippen LogP contribution < -0.4 is 10.4 Å². The van der Waals surface area contributed by atoms with Crippen molar-refractivity contribution in [2.75, 3.05) is 20.6 Å². The number of carbonyl (C=O) groups is 2. The van der Waals surface area contributed by atoms with E-state index in [1.54, 1.807) is 36.2 Å². The second-order valence-corrected chi connectivity index (χ2v) is 10.7. The molecule has 6 rings (SSSR count). The second-order valence-electron chi connectivity index (χ2n) is 10.7. The number of hydrogen-bond donors (Lipinski definition) is 1. The van der Waals surface area contributed by atoms with E-state index in [0.717, 1.165) is 5.56 Å². The van der Waals surface area contributed by atoms with E-state index in [9.17, 15) is 24.8 Å². The molecule has 2 saturated heterocycles. The summed E-state index contributed by atoms with van der Waals surface area (Å²) in [6.45, 7) is 0.257. The maximum absolute atomic E-state index is 13.3. The number of ketones is 1. The molecule has 15 nitrogen and oxygen atoms in total. The Labute approximate surface area is 256 Å². The largest absolute Gasteiger partial charge is 0.544 e. The summed E-state index contributed by atoms with van der Waals surface area (Å²) in [5.41, 5.74) is 0.138. The summed E-state index contributed by atoms with van der Waals surface area (Å²) in [6.07, 6.45) is -1.31. The average molecular weight is 616 g/mol. The van der Waals surface area contributed by atoms with Crippen LogP contribution in [0.4, 0.5) is 11.4 Å². The van der Waals surface area contributed by atoms with E-state index in [2.05, 4.69) is 14.9 Å². The van der Waals surface area contributed by atoms with Gasteiger partial charge < -0.3 is 34.5 Å². The molecular formula is C30H29N7O8.